The fourth-order valence-electron chi connectivity index (χ4n) is 1.72. The number of hydrogen-bond acceptors (Lipinski definition) is 1. The first-order valence-electron chi connectivity index (χ1n) is 4.64. The van der Waals surface area contributed by atoms with Gasteiger partial charge >= 0.3 is 0 Å². The molecule has 1 aliphatic heterocycles. The normalized spacial score (nSPS) is 28.0. The lowest BCUT2D eigenvalue weighted by Crippen LogP contribution is -2.13. The van der Waals surface area contributed by atoms with Gasteiger partial charge in [-0.1, -0.05) is 12.2 Å². The van der Waals surface area contributed by atoms with E-state index in [1.165, 1.54) is 31.3 Å². The highest BCUT2D eigenvalue weighted by Gasteiger charge is 2.14. The zero-order valence-electron chi connectivity index (χ0n) is 7.20. The van der Waals surface area contributed by atoms with Crippen LogP contribution in [0.5, 0.6) is 0 Å². The molecule has 0 bridgehead atoms. The lowest BCUT2D eigenvalue weighted by atomic mass is 9.95. The van der Waals surface area contributed by atoms with E-state index in [1.54, 1.807) is 6.26 Å². The molecule has 2 rings (SSSR count). The Hall–Kier alpha value is -0.980. The number of rotatable bonds is 1. The summed E-state index contributed by atoms with van der Waals surface area (Å²) >= 11 is 0. The van der Waals surface area contributed by atoms with E-state index in [-0.39, 0.29) is 6.10 Å². The maximum atomic E-state index is 5.48. The zero-order chi connectivity index (χ0) is 8.23. The van der Waals surface area contributed by atoms with Crippen molar-refractivity contribution in [1.82, 2.24) is 0 Å². The zero-order valence-corrected chi connectivity index (χ0v) is 7.20. The van der Waals surface area contributed by atoms with Gasteiger partial charge in [-0.05, 0) is 43.4 Å². The summed E-state index contributed by atoms with van der Waals surface area (Å²) in [4.78, 5) is 0. The van der Waals surface area contributed by atoms with E-state index >= 15 is 0 Å². The molecule has 0 aromatic rings. The minimum atomic E-state index is 0.232. The van der Waals surface area contributed by atoms with E-state index < -0.39 is 0 Å². The van der Waals surface area contributed by atoms with Crippen LogP contribution in [-0.4, -0.2) is 6.10 Å². The molecule has 12 heavy (non-hydrogen) atoms. The summed E-state index contributed by atoms with van der Waals surface area (Å²) in [5.74, 6) is 0. The van der Waals surface area contributed by atoms with Gasteiger partial charge in [0.25, 0.3) is 0 Å². The van der Waals surface area contributed by atoms with Crippen LogP contribution in [0.2, 0.25) is 0 Å². The molecule has 0 saturated heterocycles. The quantitative estimate of drug-likeness (QED) is 0.539. The topological polar surface area (TPSA) is 9.23 Å². The molecular weight excluding hydrogens is 148 g/mol. The predicted octanol–water partition coefficient (Wildman–Crippen LogP) is 2.96. The second-order valence-electron chi connectivity index (χ2n) is 3.29. The number of hydrogen-bond donors (Lipinski definition) is 0. The molecule has 1 heterocycles. The summed E-state index contributed by atoms with van der Waals surface area (Å²) in [5, 5.41) is 0. The minimum Gasteiger partial charge on any atom is -0.490 e. The van der Waals surface area contributed by atoms with Gasteiger partial charge in [0.2, 0.25) is 0 Å². The molecule has 0 saturated carbocycles. The van der Waals surface area contributed by atoms with Crippen molar-refractivity contribution in [3.05, 3.63) is 36.1 Å². The Morgan fingerprint density at radius 2 is 2.25 bits per heavy atom. The third kappa shape index (κ3) is 1.60. The highest BCUT2D eigenvalue weighted by atomic mass is 16.5. The SMILES string of the molecule is C1=COC(C2=CCCCC2)C=C1. The molecule has 2 aliphatic rings. The lowest BCUT2D eigenvalue weighted by Gasteiger charge is -2.21. The van der Waals surface area contributed by atoms with Crippen molar-refractivity contribution in [2.75, 3.05) is 0 Å². The van der Waals surface area contributed by atoms with E-state index in [1.807, 2.05) is 6.08 Å². The van der Waals surface area contributed by atoms with Gasteiger partial charge in [0, 0.05) is 0 Å². The van der Waals surface area contributed by atoms with Crippen molar-refractivity contribution in [3.63, 3.8) is 0 Å². The van der Waals surface area contributed by atoms with E-state index in [4.69, 9.17) is 4.74 Å². The van der Waals surface area contributed by atoms with E-state index in [0.717, 1.165) is 0 Å². The van der Waals surface area contributed by atoms with Gasteiger partial charge < -0.3 is 4.74 Å². The van der Waals surface area contributed by atoms with Crippen LogP contribution in [0, 0.1) is 0 Å². The molecule has 1 unspecified atom stereocenters. The number of ether oxygens (including phenoxy) is 1. The van der Waals surface area contributed by atoms with Crippen molar-refractivity contribution in [3.8, 4) is 0 Å². The Kier molecular flexibility index (Phi) is 2.31. The molecule has 1 aliphatic carbocycles. The summed E-state index contributed by atoms with van der Waals surface area (Å²) in [6.07, 6.45) is 15.6. The highest BCUT2D eigenvalue weighted by Crippen LogP contribution is 2.23. The lowest BCUT2D eigenvalue weighted by molar-refractivity contribution is 0.208. The van der Waals surface area contributed by atoms with Crippen LogP contribution in [0.15, 0.2) is 36.1 Å². The Morgan fingerprint density at radius 1 is 1.25 bits per heavy atom. The Bertz CT molecular complexity index is 235. The van der Waals surface area contributed by atoms with Crippen LogP contribution in [0.4, 0.5) is 0 Å². The largest absolute Gasteiger partial charge is 0.490 e. The van der Waals surface area contributed by atoms with Crippen molar-refractivity contribution < 1.29 is 4.74 Å². The molecule has 0 aromatic carbocycles. The van der Waals surface area contributed by atoms with Gasteiger partial charge in [-0.25, -0.2) is 0 Å². The highest BCUT2D eigenvalue weighted by molar-refractivity contribution is 5.22. The molecule has 0 amide bonds. The predicted molar refractivity (Wildman–Crippen MR) is 49.7 cm³/mol. The van der Waals surface area contributed by atoms with Crippen molar-refractivity contribution in [2.45, 2.75) is 31.8 Å². The molecule has 0 fully saturated rings. The second kappa shape index (κ2) is 3.61. The Balaban J connectivity index is 2.03. The first-order valence-corrected chi connectivity index (χ1v) is 4.64. The molecule has 1 nitrogen and oxygen atoms in total. The molecule has 0 aromatic heterocycles. The van der Waals surface area contributed by atoms with Crippen LogP contribution in [0.1, 0.15) is 25.7 Å². The molecule has 0 radical (unpaired) electrons. The molecule has 0 N–H and O–H groups in total. The van der Waals surface area contributed by atoms with Gasteiger partial charge in [0.1, 0.15) is 6.10 Å². The molecule has 0 spiro atoms. The Morgan fingerprint density at radius 3 is 2.92 bits per heavy atom. The third-order valence-corrected chi connectivity index (χ3v) is 2.39. The van der Waals surface area contributed by atoms with Crippen LogP contribution in [0.3, 0.4) is 0 Å². The summed E-state index contributed by atoms with van der Waals surface area (Å²) in [6.45, 7) is 0. The van der Waals surface area contributed by atoms with Crippen LogP contribution < -0.4 is 0 Å². The van der Waals surface area contributed by atoms with Gasteiger partial charge in [-0.2, -0.15) is 0 Å². The van der Waals surface area contributed by atoms with Gasteiger partial charge in [-0.3, -0.25) is 0 Å². The summed E-state index contributed by atoms with van der Waals surface area (Å²) in [7, 11) is 0. The molecular formula is C11H14O. The second-order valence-corrected chi connectivity index (χ2v) is 3.29. The molecule has 1 atom stereocenters. The van der Waals surface area contributed by atoms with Crippen LogP contribution in [-0.2, 0) is 4.74 Å². The Labute approximate surface area is 73.4 Å². The van der Waals surface area contributed by atoms with Crippen LogP contribution >= 0.6 is 0 Å². The summed E-state index contributed by atoms with van der Waals surface area (Å²) < 4.78 is 5.48. The van der Waals surface area contributed by atoms with Crippen LogP contribution in [0.25, 0.3) is 0 Å². The average molecular weight is 162 g/mol. The van der Waals surface area contributed by atoms with Crippen molar-refractivity contribution in [1.29, 1.82) is 0 Å². The first-order chi connectivity index (χ1) is 5.97. The van der Waals surface area contributed by atoms with Gasteiger partial charge in [0.05, 0.1) is 6.26 Å². The van der Waals surface area contributed by atoms with E-state index in [9.17, 15) is 0 Å². The summed E-state index contributed by atoms with van der Waals surface area (Å²) in [6, 6.07) is 0. The van der Waals surface area contributed by atoms with E-state index in [2.05, 4.69) is 18.2 Å². The fourth-order valence-corrected chi connectivity index (χ4v) is 1.72. The van der Waals surface area contributed by atoms with Gasteiger partial charge in [-0.15, -0.1) is 0 Å². The number of allylic oxidation sites excluding steroid dienone is 3. The fraction of sp³-hybridized carbons (Fsp3) is 0.455. The molecule has 1 heteroatoms. The van der Waals surface area contributed by atoms with Gasteiger partial charge in [0.15, 0.2) is 0 Å². The van der Waals surface area contributed by atoms with E-state index in [0.29, 0.717) is 0 Å². The smallest absolute Gasteiger partial charge is 0.137 e. The summed E-state index contributed by atoms with van der Waals surface area (Å²) in [5.41, 5.74) is 1.46. The monoisotopic (exact) mass is 162 g/mol. The van der Waals surface area contributed by atoms with Crippen molar-refractivity contribution >= 4 is 0 Å². The average Bonchev–Trinajstić information content (AvgIpc) is 2.21. The maximum Gasteiger partial charge on any atom is 0.137 e. The standard InChI is InChI=1S/C11H14O/c1-2-6-10(7-3-1)11-8-4-5-9-12-11/h4-6,8-9,11H,1-3,7H2. The molecule has 64 valence electrons. The maximum absolute atomic E-state index is 5.48. The minimum absolute atomic E-state index is 0.232. The first kappa shape index (κ1) is 7.66. The third-order valence-electron chi connectivity index (χ3n) is 2.39. The van der Waals surface area contributed by atoms with Crippen molar-refractivity contribution in [2.24, 2.45) is 0 Å².